The van der Waals surface area contributed by atoms with Crippen LogP contribution in [0.5, 0.6) is 0 Å². The zero-order chi connectivity index (χ0) is 19.6. The molecule has 1 aromatic rings. The number of carbonyl (C=O) groups is 3. The number of amides is 3. The molecule has 1 fully saturated rings. The molecule has 0 aliphatic carbocycles. The zero-order valence-electron chi connectivity index (χ0n) is 15.7. The van der Waals surface area contributed by atoms with E-state index in [1.54, 1.807) is 4.90 Å². The number of halogens is 1. The predicted molar refractivity (Wildman–Crippen MR) is 106 cm³/mol. The third kappa shape index (κ3) is 7.09. The first-order chi connectivity index (χ1) is 13.0. The molecule has 27 heavy (non-hydrogen) atoms. The van der Waals surface area contributed by atoms with Crippen LogP contribution >= 0.6 is 11.6 Å². The molecule has 148 valence electrons. The molecule has 2 N–H and O–H groups in total. The van der Waals surface area contributed by atoms with Gasteiger partial charge in [-0.2, -0.15) is 0 Å². The summed E-state index contributed by atoms with van der Waals surface area (Å²) in [5.41, 5.74) is 1.08. The van der Waals surface area contributed by atoms with E-state index in [0.29, 0.717) is 24.7 Å². The molecule has 1 heterocycles. The Morgan fingerprint density at radius 1 is 0.963 bits per heavy atom. The van der Waals surface area contributed by atoms with Gasteiger partial charge in [0.2, 0.25) is 17.7 Å². The van der Waals surface area contributed by atoms with Crippen molar-refractivity contribution in [2.45, 2.75) is 26.2 Å². The van der Waals surface area contributed by atoms with Crippen LogP contribution in [-0.2, 0) is 14.4 Å². The summed E-state index contributed by atoms with van der Waals surface area (Å²) >= 11 is 5.91. The Balaban J connectivity index is 1.66. The van der Waals surface area contributed by atoms with Gasteiger partial charge in [0, 0.05) is 56.3 Å². The van der Waals surface area contributed by atoms with Gasteiger partial charge in [-0.1, -0.05) is 18.5 Å². The average Bonchev–Trinajstić information content (AvgIpc) is 2.69. The van der Waals surface area contributed by atoms with Gasteiger partial charge in [-0.3, -0.25) is 14.4 Å². The van der Waals surface area contributed by atoms with Gasteiger partial charge in [-0.15, -0.1) is 0 Å². The first-order valence-electron chi connectivity index (χ1n) is 9.31. The second-order valence-corrected chi connectivity index (χ2v) is 6.91. The Morgan fingerprint density at radius 3 is 2.15 bits per heavy atom. The molecule has 0 bridgehead atoms. The van der Waals surface area contributed by atoms with Crippen molar-refractivity contribution in [3.05, 3.63) is 29.3 Å². The van der Waals surface area contributed by atoms with Crippen molar-refractivity contribution in [3.8, 4) is 0 Å². The van der Waals surface area contributed by atoms with E-state index in [-0.39, 0.29) is 37.1 Å². The minimum atomic E-state index is -0.283. The standard InChI is InChI=1S/C19H27ClN4O3/c1-2-9-21-17(25)7-8-18(26)22-14-19(27)24-12-10-23(11-13-24)16-5-3-15(20)4-6-16/h3-6H,2,7-14H2,1H3,(H,21,25)(H,22,26). The Bertz CT molecular complexity index is 643. The number of rotatable bonds is 8. The summed E-state index contributed by atoms with van der Waals surface area (Å²) < 4.78 is 0. The van der Waals surface area contributed by atoms with Crippen molar-refractivity contribution in [1.82, 2.24) is 15.5 Å². The molecule has 3 amide bonds. The SMILES string of the molecule is CCCNC(=O)CCC(=O)NCC(=O)N1CCN(c2ccc(Cl)cc2)CC1. The summed E-state index contributed by atoms with van der Waals surface area (Å²) in [4.78, 5) is 39.5. The third-order valence-corrected chi connectivity index (χ3v) is 4.66. The van der Waals surface area contributed by atoms with Crippen LogP contribution in [0.4, 0.5) is 5.69 Å². The highest BCUT2D eigenvalue weighted by Crippen LogP contribution is 2.19. The average molecular weight is 395 g/mol. The van der Waals surface area contributed by atoms with Gasteiger partial charge < -0.3 is 20.4 Å². The van der Waals surface area contributed by atoms with Crippen molar-refractivity contribution in [2.75, 3.05) is 44.2 Å². The largest absolute Gasteiger partial charge is 0.368 e. The summed E-state index contributed by atoms with van der Waals surface area (Å²) in [6.07, 6.45) is 1.09. The zero-order valence-corrected chi connectivity index (χ0v) is 16.4. The lowest BCUT2D eigenvalue weighted by molar-refractivity contribution is -0.133. The number of nitrogens with zero attached hydrogens (tertiary/aromatic N) is 2. The first kappa shape index (κ1) is 21.0. The third-order valence-electron chi connectivity index (χ3n) is 4.41. The highest BCUT2D eigenvalue weighted by atomic mass is 35.5. The van der Waals surface area contributed by atoms with Crippen molar-refractivity contribution >= 4 is 35.0 Å². The topological polar surface area (TPSA) is 81.8 Å². The molecule has 0 saturated carbocycles. The Labute approximate surface area is 165 Å². The Morgan fingerprint density at radius 2 is 1.56 bits per heavy atom. The minimum absolute atomic E-state index is 0.0314. The van der Waals surface area contributed by atoms with Gasteiger partial charge >= 0.3 is 0 Å². The number of hydrogen-bond donors (Lipinski definition) is 2. The molecule has 1 saturated heterocycles. The molecule has 0 spiro atoms. The maximum absolute atomic E-state index is 12.3. The van der Waals surface area contributed by atoms with Gasteiger partial charge in [0.15, 0.2) is 0 Å². The number of hydrogen-bond acceptors (Lipinski definition) is 4. The van der Waals surface area contributed by atoms with Crippen LogP contribution in [0.25, 0.3) is 0 Å². The fourth-order valence-corrected chi connectivity index (χ4v) is 2.95. The fourth-order valence-electron chi connectivity index (χ4n) is 2.82. The number of benzene rings is 1. The fraction of sp³-hybridized carbons (Fsp3) is 0.526. The molecule has 0 unspecified atom stereocenters. The van der Waals surface area contributed by atoms with Crippen LogP contribution < -0.4 is 15.5 Å². The smallest absolute Gasteiger partial charge is 0.242 e. The molecule has 7 nitrogen and oxygen atoms in total. The van der Waals surface area contributed by atoms with Crippen LogP contribution in [0.2, 0.25) is 5.02 Å². The summed E-state index contributed by atoms with van der Waals surface area (Å²) in [6.45, 7) is 5.23. The second-order valence-electron chi connectivity index (χ2n) is 6.47. The predicted octanol–water partition coefficient (Wildman–Crippen LogP) is 1.41. The number of carbonyl (C=O) groups excluding carboxylic acids is 3. The second kappa shape index (κ2) is 10.8. The van der Waals surface area contributed by atoms with E-state index in [9.17, 15) is 14.4 Å². The lowest BCUT2D eigenvalue weighted by Gasteiger charge is -2.36. The van der Waals surface area contributed by atoms with Crippen molar-refractivity contribution in [2.24, 2.45) is 0 Å². The summed E-state index contributed by atoms with van der Waals surface area (Å²) in [7, 11) is 0. The molecular weight excluding hydrogens is 368 g/mol. The molecule has 8 heteroatoms. The lowest BCUT2D eigenvalue weighted by atomic mass is 10.2. The van der Waals surface area contributed by atoms with Crippen LogP contribution in [0.1, 0.15) is 26.2 Å². The van der Waals surface area contributed by atoms with Gasteiger partial charge in [-0.05, 0) is 30.7 Å². The summed E-state index contributed by atoms with van der Waals surface area (Å²) in [6, 6.07) is 7.65. The van der Waals surface area contributed by atoms with Crippen molar-refractivity contribution in [1.29, 1.82) is 0 Å². The highest BCUT2D eigenvalue weighted by Gasteiger charge is 2.21. The minimum Gasteiger partial charge on any atom is -0.368 e. The van der Waals surface area contributed by atoms with Gasteiger partial charge in [0.25, 0.3) is 0 Å². The molecule has 1 aliphatic rings. The molecule has 2 rings (SSSR count). The van der Waals surface area contributed by atoms with Crippen LogP contribution in [0, 0.1) is 0 Å². The Hall–Kier alpha value is -2.28. The summed E-state index contributed by atoms with van der Waals surface area (Å²) in [5, 5.41) is 6.02. The molecule has 1 aromatic carbocycles. The normalized spacial score (nSPS) is 14.0. The van der Waals surface area contributed by atoms with E-state index in [1.807, 2.05) is 31.2 Å². The van der Waals surface area contributed by atoms with Crippen LogP contribution in [0.15, 0.2) is 24.3 Å². The van der Waals surface area contributed by atoms with E-state index in [0.717, 1.165) is 25.2 Å². The maximum atomic E-state index is 12.3. The molecule has 0 atom stereocenters. The van der Waals surface area contributed by atoms with E-state index in [2.05, 4.69) is 15.5 Å². The molecule has 0 radical (unpaired) electrons. The van der Waals surface area contributed by atoms with E-state index >= 15 is 0 Å². The number of anilines is 1. The maximum Gasteiger partial charge on any atom is 0.242 e. The monoisotopic (exact) mass is 394 g/mol. The first-order valence-corrected chi connectivity index (χ1v) is 9.69. The van der Waals surface area contributed by atoms with Gasteiger partial charge in [-0.25, -0.2) is 0 Å². The molecular formula is C19H27ClN4O3. The van der Waals surface area contributed by atoms with Crippen molar-refractivity contribution in [3.63, 3.8) is 0 Å². The van der Waals surface area contributed by atoms with Gasteiger partial charge in [0.05, 0.1) is 6.54 Å². The number of piperazine rings is 1. The quantitative estimate of drug-likeness (QED) is 0.698. The molecule has 0 aromatic heterocycles. The van der Waals surface area contributed by atoms with E-state index < -0.39 is 0 Å². The summed E-state index contributed by atoms with van der Waals surface area (Å²) in [5.74, 6) is -0.527. The highest BCUT2D eigenvalue weighted by molar-refractivity contribution is 6.30. The number of nitrogens with one attached hydrogen (secondary N) is 2. The van der Waals surface area contributed by atoms with E-state index in [4.69, 9.17) is 11.6 Å². The van der Waals surface area contributed by atoms with E-state index in [1.165, 1.54) is 0 Å². The van der Waals surface area contributed by atoms with Gasteiger partial charge in [0.1, 0.15) is 0 Å². The van der Waals surface area contributed by atoms with Crippen LogP contribution in [0.3, 0.4) is 0 Å². The van der Waals surface area contributed by atoms with Crippen LogP contribution in [-0.4, -0.2) is 61.9 Å². The van der Waals surface area contributed by atoms with Crippen molar-refractivity contribution < 1.29 is 14.4 Å². The lowest BCUT2D eigenvalue weighted by Crippen LogP contribution is -2.51. The molecule has 1 aliphatic heterocycles. The Kier molecular flexibility index (Phi) is 8.39.